The number of anilines is 1. The number of benzene rings is 1. The molecule has 1 spiro atoms. The lowest BCUT2D eigenvalue weighted by Crippen LogP contribution is -2.45. The second-order valence-corrected chi connectivity index (χ2v) is 8.36. The summed E-state index contributed by atoms with van der Waals surface area (Å²) in [6, 6.07) is 6.97. The first kappa shape index (κ1) is 17.0. The summed E-state index contributed by atoms with van der Waals surface area (Å²) < 4.78 is 5.49. The highest BCUT2D eigenvalue weighted by atomic mass is 16.5. The van der Waals surface area contributed by atoms with Gasteiger partial charge in [-0.1, -0.05) is 6.07 Å². The fraction of sp³-hybridized carbons (Fsp3) is 0.667. The van der Waals surface area contributed by atoms with Crippen LogP contribution in [0.3, 0.4) is 0 Å². The van der Waals surface area contributed by atoms with Crippen molar-refractivity contribution in [3.05, 3.63) is 29.3 Å². The molecule has 0 radical (unpaired) electrons. The van der Waals surface area contributed by atoms with Gasteiger partial charge in [0.15, 0.2) is 0 Å². The van der Waals surface area contributed by atoms with Crippen molar-refractivity contribution in [2.45, 2.75) is 52.0 Å². The molecule has 1 aromatic carbocycles. The van der Waals surface area contributed by atoms with Crippen LogP contribution < -0.4 is 5.32 Å². The third-order valence-electron chi connectivity index (χ3n) is 6.50. The number of carbonyl (C=O) groups is 1. The smallest absolute Gasteiger partial charge is 0.228 e. The second kappa shape index (κ2) is 6.73. The Kier molecular flexibility index (Phi) is 4.59. The third kappa shape index (κ3) is 3.61. The number of rotatable bonds is 3. The number of aryl methyl sites for hydroxylation is 2. The number of ether oxygens (including phenoxy) is 1. The molecule has 1 aromatic rings. The van der Waals surface area contributed by atoms with E-state index in [1.807, 2.05) is 0 Å². The van der Waals surface area contributed by atoms with Gasteiger partial charge < -0.3 is 15.0 Å². The van der Waals surface area contributed by atoms with E-state index in [4.69, 9.17) is 4.74 Å². The lowest BCUT2D eigenvalue weighted by atomic mass is 9.89. The van der Waals surface area contributed by atoms with E-state index in [0.29, 0.717) is 6.04 Å². The summed E-state index contributed by atoms with van der Waals surface area (Å²) in [5, 5.41) is 3.16. The summed E-state index contributed by atoms with van der Waals surface area (Å²) in [4.78, 5) is 15.4. The Balaban J connectivity index is 1.32. The van der Waals surface area contributed by atoms with E-state index in [9.17, 15) is 4.79 Å². The zero-order valence-corrected chi connectivity index (χ0v) is 15.5. The molecule has 25 heavy (non-hydrogen) atoms. The van der Waals surface area contributed by atoms with Crippen molar-refractivity contribution < 1.29 is 9.53 Å². The first-order valence-corrected chi connectivity index (χ1v) is 9.77. The molecule has 1 N–H and O–H groups in total. The SMILES string of the molecule is Cc1cc(C)cc(NC(=O)C2CC23CCN(C2CCOCC2)CC3)c1. The maximum Gasteiger partial charge on any atom is 0.228 e. The monoisotopic (exact) mass is 342 g/mol. The molecule has 4 heteroatoms. The van der Waals surface area contributed by atoms with Gasteiger partial charge in [-0.3, -0.25) is 4.79 Å². The van der Waals surface area contributed by atoms with Gasteiger partial charge in [0.05, 0.1) is 0 Å². The number of hydrogen-bond acceptors (Lipinski definition) is 3. The second-order valence-electron chi connectivity index (χ2n) is 8.36. The molecule has 0 bridgehead atoms. The number of hydrogen-bond donors (Lipinski definition) is 1. The zero-order chi connectivity index (χ0) is 17.4. The van der Waals surface area contributed by atoms with Crippen molar-refractivity contribution in [1.82, 2.24) is 4.90 Å². The molecule has 136 valence electrons. The van der Waals surface area contributed by atoms with Crippen LogP contribution in [0.1, 0.15) is 43.2 Å². The first-order chi connectivity index (χ1) is 12.1. The Hall–Kier alpha value is -1.39. The third-order valence-corrected chi connectivity index (χ3v) is 6.50. The van der Waals surface area contributed by atoms with E-state index >= 15 is 0 Å². The van der Waals surface area contributed by atoms with Crippen LogP contribution in [0.2, 0.25) is 0 Å². The Morgan fingerprint density at radius 2 is 1.76 bits per heavy atom. The minimum atomic E-state index is 0.213. The summed E-state index contributed by atoms with van der Waals surface area (Å²) >= 11 is 0. The molecule has 1 amide bonds. The summed E-state index contributed by atoms with van der Waals surface area (Å²) in [6.07, 6.45) is 5.77. The topological polar surface area (TPSA) is 41.6 Å². The Morgan fingerprint density at radius 3 is 2.40 bits per heavy atom. The molecule has 1 unspecified atom stereocenters. The normalized spacial score (nSPS) is 26.6. The van der Waals surface area contributed by atoms with Gasteiger partial charge in [0.1, 0.15) is 0 Å². The van der Waals surface area contributed by atoms with E-state index in [1.54, 1.807) is 0 Å². The summed E-state index contributed by atoms with van der Waals surface area (Å²) in [7, 11) is 0. The fourth-order valence-electron chi connectivity index (χ4n) is 4.93. The summed E-state index contributed by atoms with van der Waals surface area (Å²) in [5.74, 6) is 0.440. The Morgan fingerprint density at radius 1 is 1.12 bits per heavy atom. The van der Waals surface area contributed by atoms with Crippen LogP contribution in [-0.4, -0.2) is 43.2 Å². The molecule has 2 saturated heterocycles. The van der Waals surface area contributed by atoms with Crippen molar-refractivity contribution >= 4 is 11.6 Å². The zero-order valence-electron chi connectivity index (χ0n) is 15.5. The van der Waals surface area contributed by atoms with Crippen LogP contribution in [-0.2, 0) is 9.53 Å². The van der Waals surface area contributed by atoms with E-state index in [1.165, 1.54) is 36.8 Å². The van der Waals surface area contributed by atoms with Crippen molar-refractivity contribution in [2.24, 2.45) is 11.3 Å². The molecule has 4 nitrogen and oxygen atoms in total. The average molecular weight is 342 g/mol. The van der Waals surface area contributed by atoms with Gasteiger partial charge >= 0.3 is 0 Å². The molecule has 3 aliphatic rings. The molecule has 1 atom stereocenters. The first-order valence-electron chi connectivity index (χ1n) is 9.77. The number of piperidine rings is 1. The molecule has 4 rings (SSSR count). The number of carbonyl (C=O) groups excluding carboxylic acids is 1. The Labute approximate surface area is 150 Å². The average Bonchev–Trinajstić information content (AvgIpc) is 3.29. The molecule has 1 aliphatic carbocycles. The van der Waals surface area contributed by atoms with E-state index in [2.05, 4.69) is 42.3 Å². The van der Waals surface area contributed by atoms with Gasteiger partial charge in [-0.25, -0.2) is 0 Å². The van der Waals surface area contributed by atoms with E-state index in [0.717, 1.165) is 38.4 Å². The number of likely N-dealkylation sites (tertiary alicyclic amines) is 1. The molecule has 0 aromatic heterocycles. The Bertz CT molecular complexity index is 623. The maximum absolute atomic E-state index is 12.7. The predicted molar refractivity (Wildman–Crippen MR) is 99.7 cm³/mol. The van der Waals surface area contributed by atoms with Gasteiger partial charge in [-0.15, -0.1) is 0 Å². The van der Waals surface area contributed by atoms with Crippen molar-refractivity contribution in [2.75, 3.05) is 31.6 Å². The number of amides is 1. The molecule has 2 aliphatic heterocycles. The van der Waals surface area contributed by atoms with Gasteiger partial charge in [0, 0.05) is 30.9 Å². The van der Waals surface area contributed by atoms with E-state index in [-0.39, 0.29) is 17.2 Å². The highest BCUT2D eigenvalue weighted by molar-refractivity contribution is 5.95. The van der Waals surface area contributed by atoms with Crippen LogP contribution in [0, 0.1) is 25.2 Å². The van der Waals surface area contributed by atoms with E-state index < -0.39 is 0 Å². The summed E-state index contributed by atoms with van der Waals surface area (Å²) in [6.45, 7) is 8.27. The molecular formula is C21H30N2O2. The van der Waals surface area contributed by atoms with Crippen LogP contribution in [0.15, 0.2) is 18.2 Å². The largest absolute Gasteiger partial charge is 0.381 e. The van der Waals surface area contributed by atoms with Gasteiger partial charge in [-0.2, -0.15) is 0 Å². The van der Waals surface area contributed by atoms with Gasteiger partial charge in [0.2, 0.25) is 5.91 Å². The van der Waals surface area contributed by atoms with Crippen molar-refractivity contribution in [1.29, 1.82) is 0 Å². The van der Waals surface area contributed by atoms with Gasteiger partial charge in [-0.05, 0) is 87.7 Å². The highest BCUT2D eigenvalue weighted by Gasteiger charge is 2.58. The quantitative estimate of drug-likeness (QED) is 0.914. The lowest BCUT2D eigenvalue weighted by molar-refractivity contribution is -0.118. The molecule has 1 saturated carbocycles. The van der Waals surface area contributed by atoms with Gasteiger partial charge in [0.25, 0.3) is 0 Å². The minimum absolute atomic E-state index is 0.213. The van der Waals surface area contributed by atoms with Crippen LogP contribution in [0.25, 0.3) is 0 Å². The predicted octanol–water partition coefficient (Wildman–Crippen LogP) is 3.52. The van der Waals surface area contributed by atoms with Crippen LogP contribution in [0.5, 0.6) is 0 Å². The highest BCUT2D eigenvalue weighted by Crippen LogP contribution is 2.59. The fourth-order valence-corrected chi connectivity index (χ4v) is 4.93. The van der Waals surface area contributed by atoms with Crippen molar-refractivity contribution in [3.8, 4) is 0 Å². The van der Waals surface area contributed by atoms with Crippen molar-refractivity contribution in [3.63, 3.8) is 0 Å². The maximum atomic E-state index is 12.7. The number of nitrogens with zero attached hydrogens (tertiary/aromatic N) is 1. The summed E-state index contributed by atoms with van der Waals surface area (Å²) in [5.41, 5.74) is 3.63. The molecular weight excluding hydrogens is 312 g/mol. The molecule has 3 fully saturated rings. The van der Waals surface area contributed by atoms with Crippen LogP contribution >= 0.6 is 0 Å². The standard InChI is InChI=1S/C21H30N2O2/c1-15-11-16(2)13-17(12-15)22-20(24)19-14-21(19)5-7-23(8-6-21)18-3-9-25-10-4-18/h11-13,18-19H,3-10,14H2,1-2H3,(H,22,24). The van der Waals surface area contributed by atoms with Crippen LogP contribution in [0.4, 0.5) is 5.69 Å². The minimum Gasteiger partial charge on any atom is -0.381 e. The molecule has 2 heterocycles. The lowest BCUT2D eigenvalue weighted by Gasteiger charge is -2.39. The number of nitrogens with one attached hydrogen (secondary N) is 1.